The van der Waals surface area contributed by atoms with Crippen LogP contribution in [0, 0.1) is 23.3 Å². The van der Waals surface area contributed by atoms with Gasteiger partial charge in [0.15, 0.2) is 23.0 Å². The maximum atomic E-state index is 15.0. The zero-order valence-corrected chi connectivity index (χ0v) is 29.7. The zero-order chi connectivity index (χ0) is 37.5. The number of ketones is 1. The Hall–Kier alpha value is -4.89. The molecule has 0 bridgehead atoms. The Bertz CT molecular complexity index is 1850. The number of halogens is 4. The summed E-state index contributed by atoms with van der Waals surface area (Å²) < 4.78 is 58.2. The van der Waals surface area contributed by atoms with Crippen LogP contribution in [-0.4, -0.2) is 123 Å². The van der Waals surface area contributed by atoms with Crippen LogP contribution in [0.25, 0.3) is 0 Å². The minimum Gasteiger partial charge on any atom is -0.335 e. The Labute approximate surface area is 309 Å². The van der Waals surface area contributed by atoms with Gasteiger partial charge in [-0.15, -0.1) is 0 Å². The van der Waals surface area contributed by atoms with Crippen LogP contribution in [0.3, 0.4) is 0 Å². The van der Waals surface area contributed by atoms with Crippen LogP contribution in [0.1, 0.15) is 92.8 Å². The van der Waals surface area contributed by atoms with E-state index in [4.69, 9.17) is 0 Å². The topological polar surface area (TPSA) is 122 Å². The average Bonchev–Trinajstić information content (AvgIpc) is 4.13. The van der Waals surface area contributed by atoms with Crippen molar-refractivity contribution in [1.29, 1.82) is 0 Å². The molecule has 8 rings (SSSR count). The molecule has 0 spiro atoms. The van der Waals surface area contributed by atoms with E-state index in [0.717, 1.165) is 25.7 Å². The summed E-state index contributed by atoms with van der Waals surface area (Å²) in [5, 5.41) is 13.4. The van der Waals surface area contributed by atoms with Crippen molar-refractivity contribution in [2.24, 2.45) is 0 Å². The summed E-state index contributed by atoms with van der Waals surface area (Å²) in [5.41, 5.74) is 1.62. The molecule has 2 aromatic heterocycles. The highest BCUT2D eigenvalue weighted by Crippen LogP contribution is 2.41. The lowest BCUT2D eigenvalue weighted by atomic mass is 9.82. The van der Waals surface area contributed by atoms with Crippen molar-refractivity contribution < 1.29 is 31.9 Å². The highest BCUT2D eigenvalue weighted by molar-refractivity contribution is 5.94. The zero-order valence-electron chi connectivity index (χ0n) is 29.7. The molecular formula is C39H42F4N8O3. The van der Waals surface area contributed by atoms with E-state index in [0.29, 0.717) is 74.9 Å². The summed E-state index contributed by atoms with van der Waals surface area (Å²) in [6.45, 7) is 3.50. The molecular weight excluding hydrogens is 704 g/mol. The number of Topliss-reactive ketones (excluding diaryl/α,β-unsaturated/α-hetero) is 1. The Morgan fingerprint density at radius 1 is 0.574 bits per heavy atom. The lowest BCUT2D eigenvalue weighted by molar-refractivity contribution is -0.123. The molecule has 4 aliphatic rings. The molecule has 54 heavy (non-hydrogen) atoms. The van der Waals surface area contributed by atoms with E-state index in [-0.39, 0.29) is 42.1 Å². The van der Waals surface area contributed by atoms with Gasteiger partial charge >= 0.3 is 0 Å². The molecule has 0 radical (unpaired) electrons. The number of aromatic nitrogens is 4. The fraction of sp³-hybridized carbons (Fsp3) is 0.462. The number of benzene rings is 2. The third-order valence-corrected chi connectivity index (χ3v) is 11.3. The number of hydrogen-bond acceptors (Lipinski definition) is 7. The molecule has 2 aliphatic heterocycles. The second-order valence-corrected chi connectivity index (χ2v) is 14.9. The van der Waals surface area contributed by atoms with Gasteiger partial charge in [0.2, 0.25) is 0 Å². The van der Waals surface area contributed by atoms with Crippen LogP contribution in [0.4, 0.5) is 17.6 Å². The predicted molar refractivity (Wildman–Crippen MR) is 189 cm³/mol. The summed E-state index contributed by atoms with van der Waals surface area (Å²) >= 11 is 0. The third kappa shape index (κ3) is 7.56. The number of H-pyrrole nitrogens is 2. The first-order valence-corrected chi connectivity index (χ1v) is 18.7. The van der Waals surface area contributed by atoms with E-state index in [1.54, 1.807) is 34.1 Å². The number of nitrogens with one attached hydrogen (secondary N) is 2. The first-order chi connectivity index (χ1) is 26.1. The Balaban J connectivity index is 0.962. The fourth-order valence-electron chi connectivity index (χ4n) is 7.69. The highest BCUT2D eigenvalue weighted by Gasteiger charge is 2.38. The van der Waals surface area contributed by atoms with E-state index < -0.39 is 46.9 Å². The van der Waals surface area contributed by atoms with Gasteiger partial charge in [-0.05, 0) is 61.1 Å². The standard InChI is InChI=1S/C39H42F4N8O3/c40-27-9-5-23(6-10-27)29(21-48-13-17-50(18-14-48)38(53)35-31(42)33(44-46-35)25-1-2-25)37(52)30(24-7-11-28(41)12-8-24)22-49-15-19-51(20-16-49)39(54)36-32(43)34(45-47-36)26-3-4-26/h5-12,25-26,29-30H,1-4,13-22H2,(H,44,46)(H,45,47). The summed E-state index contributed by atoms with van der Waals surface area (Å²) in [7, 11) is 0. The second-order valence-electron chi connectivity index (χ2n) is 14.9. The van der Waals surface area contributed by atoms with Gasteiger partial charge < -0.3 is 9.80 Å². The fourth-order valence-corrected chi connectivity index (χ4v) is 7.69. The molecule has 4 heterocycles. The van der Waals surface area contributed by atoms with Crippen molar-refractivity contribution in [3.8, 4) is 0 Å². The average molecular weight is 747 g/mol. The molecule has 2 unspecified atom stereocenters. The molecule has 284 valence electrons. The first kappa shape index (κ1) is 36.1. The first-order valence-electron chi connectivity index (χ1n) is 18.7. The number of carbonyl (C=O) groups is 3. The van der Waals surface area contributed by atoms with E-state index in [1.165, 1.54) is 24.3 Å². The SMILES string of the molecule is O=C(C(CN1CCN(C(=O)c2n[nH]c(C3CC3)c2F)CC1)c1ccc(F)cc1)C(CN1CCN(C(=O)c2n[nH]c(C3CC3)c2F)CC1)c1ccc(F)cc1. The molecule has 4 aromatic rings. The molecule has 11 nitrogen and oxygen atoms in total. The van der Waals surface area contributed by atoms with Gasteiger partial charge in [-0.3, -0.25) is 34.4 Å². The molecule has 15 heteroatoms. The molecule has 2 N–H and O–H groups in total. The van der Waals surface area contributed by atoms with Crippen LogP contribution < -0.4 is 0 Å². The monoisotopic (exact) mass is 746 g/mol. The minimum atomic E-state index is -0.695. The quantitative estimate of drug-likeness (QED) is 0.200. The number of piperazine rings is 2. The highest BCUT2D eigenvalue weighted by atomic mass is 19.1. The van der Waals surface area contributed by atoms with Crippen LogP contribution in [0.2, 0.25) is 0 Å². The summed E-state index contributed by atoms with van der Waals surface area (Å²) in [6, 6.07) is 11.7. The van der Waals surface area contributed by atoms with Crippen molar-refractivity contribution in [3.05, 3.63) is 106 Å². The third-order valence-electron chi connectivity index (χ3n) is 11.3. The largest absolute Gasteiger partial charge is 0.335 e. The Morgan fingerprint density at radius 3 is 1.26 bits per heavy atom. The summed E-state index contributed by atoms with van der Waals surface area (Å²) in [4.78, 5) is 48.5. The number of rotatable bonds is 12. The molecule has 2 saturated carbocycles. The van der Waals surface area contributed by atoms with Crippen molar-refractivity contribution >= 4 is 17.6 Å². The summed E-state index contributed by atoms with van der Waals surface area (Å²) in [6.07, 6.45) is 3.48. The number of amides is 2. The van der Waals surface area contributed by atoms with Gasteiger partial charge in [0, 0.05) is 77.3 Å². The Kier molecular flexibility index (Phi) is 10.1. The van der Waals surface area contributed by atoms with Gasteiger partial charge in [0.05, 0.1) is 23.2 Å². The normalized spacial score (nSPS) is 19.6. The van der Waals surface area contributed by atoms with Crippen LogP contribution in [-0.2, 0) is 4.79 Å². The minimum absolute atomic E-state index is 0.0860. The van der Waals surface area contributed by atoms with Crippen LogP contribution in [0.5, 0.6) is 0 Å². The smallest absolute Gasteiger partial charge is 0.277 e. The molecule has 2 saturated heterocycles. The van der Waals surface area contributed by atoms with Crippen molar-refractivity contribution in [3.63, 3.8) is 0 Å². The predicted octanol–water partition coefficient (Wildman–Crippen LogP) is 4.80. The second kappa shape index (κ2) is 15.1. The molecule has 4 fully saturated rings. The number of carbonyl (C=O) groups excluding carboxylic acids is 3. The lowest BCUT2D eigenvalue weighted by Gasteiger charge is -2.38. The van der Waals surface area contributed by atoms with Gasteiger partial charge in [0.25, 0.3) is 11.8 Å². The van der Waals surface area contributed by atoms with Gasteiger partial charge in [-0.2, -0.15) is 10.2 Å². The molecule has 2 aliphatic carbocycles. The van der Waals surface area contributed by atoms with E-state index in [9.17, 15) is 31.9 Å². The van der Waals surface area contributed by atoms with Crippen LogP contribution in [0.15, 0.2) is 48.5 Å². The number of hydrogen-bond donors (Lipinski definition) is 2. The van der Waals surface area contributed by atoms with Gasteiger partial charge in [0.1, 0.15) is 17.4 Å². The maximum Gasteiger partial charge on any atom is 0.277 e. The molecule has 2 atom stereocenters. The molecule has 2 aromatic carbocycles. The van der Waals surface area contributed by atoms with Crippen LogP contribution >= 0.6 is 0 Å². The van der Waals surface area contributed by atoms with Crippen molar-refractivity contribution in [2.45, 2.75) is 49.4 Å². The van der Waals surface area contributed by atoms with E-state index >= 15 is 0 Å². The maximum absolute atomic E-state index is 15.0. The molecule has 2 amide bonds. The Morgan fingerprint density at radius 2 is 0.926 bits per heavy atom. The van der Waals surface area contributed by atoms with Crippen molar-refractivity contribution in [2.75, 3.05) is 65.4 Å². The van der Waals surface area contributed by atoms with Crippen molar-refractivity contribution in [1.82, 2.24) is 40.0 Å². The van der Waals surface area contributed by atoms with Gasteiger partial charge in [-0.1, -0.05) is 24.3 Å². The lowest BCUT2D eigenvalue weighted by Crippen LogP contribution is -2.51. The summed E-state index contributed by atoms with van der Waals surface area (Å²) in [5.74, 6) is -4.34. The van der Waals surface area contributed by atoms with E-state index in [2.05, 4.69) is 30.2 Å². The number of aromatic amines is 2. The number of nitrogens with zero attached hydrogens (tertiary/aromatic N) is 6. The van der Waals surface area contributed by atoms with Gasteiger partial charge in [-0.25, -0.2) is 17.6 Å². The van der Waals surface area contributed by atoms with E-state index in [1.807, 2.05) is 0 Å².